The summed E-state index contributed by atoms with van der Waals surface area (Å²) < 4.78 is 75.3. The Kier molecular flexibility index (Phi) is 7.68. The van der Waals surface area contributed by atoms with Gasteiger partial charge in [0.05, 0.1) is 12.3 Å². The van der Waals surface area contributed by atoms with E-state index in [4.69, 9.17) is 9.84 Å². The molecule has 2 atom stereocenters. The van der Waals surface area contributed by atoms with Gasteiger partial charge < -0.3 is 20.5 Å². The van der Waals surface area contributed by atoms with Crippen LogP contribution in [0, 0.1) is 12.7 Å². The van der Waals surface area contributed by atoms with E-state index < -0.39 is 46.4 Å². The van der Waals surface area contributed by atoms with Crippen LogP contribution in [0.5, 0.6) is 11.6 Å². The average molecular weight is 503 g/mol. The van der Waals surface area contributed by atoms with Crippen molar-refractivity contribution in [3.63, 3.8) is 0 Å². The highest BCUT2D eigenvalue weighted by Gasteiger charge is 2.51. The number of aliphatic carboxylic acids is 1. The summed E-state index contributed by atoms with van der Waals surface area (Å²) in [6, 6.07) is 4.59. The third kappa shape index (κ3) is 6.15. The number of anilines is 1. The summed E-state index contributed by atoms with van der Waals surface area (Å²) in [5.41, 5.74) is 0.600. The fourth-order valence-electron chi connectivity index (χ4n) is 3.44. The second-order valence-electron chi connectivity index (χ2n) is 7.85. The number of hydrogen-bond acceptors (Lipinski definition) is 7. The van der Waals surface area contributed by atoms with Gasteiger partial charge in [0.2, 0.25) is 15.9 Å². The third-order valence-corrected chi connectivity index (χ3v) is 6.68. The smallest absolute Gasteiger partial charge is 0.322 e. The Morgan fingerprint density at radius 1 is 1.32 bits per heavy atom. The van der Waals surface area contributed by atoms with Gasteiger partial charge in [0.1, 0.15) is 18.4 Å². The first-order chi connectivity index (χ1) is 15.9. The molecule has 2 aromatic rings. The molecule has 0 saturated carbocycles. The summed E-state index contributed by atoms with van der Waals surface area (Å²) >= 11 is 0. The second kappa shape index (κ2) is 10.2. The van der Waals surface area contributed by atoms with Gasteiger partial charge in [-0.15, -0.1) is 0 Å². The first-order valence-corrected chi connectivity index (χ1v) is 12.1. The molecule has 34 heavy (non-hydrogen) atoms. The van der Waals surface area contributed by atoms with E-state index in [2.05, 4.69) is 15.6 Å². The van der Waals surface area contributed by atoms with Crippen molar-refractivity contribution in [1.29, 1.82) is 0 Å². The molecule has 1 aromatic heterocycles. The number of benzene rings is 1. The minimum Gasteiger partial charge on any atom is -0.480 e. The first kappa shape index (κ1) is 25.7. The van der Waals surface area contributed by atoms with Crippen LogP contribution in [0.3, 0.4) is 0 Å². The summed E-state index contributed by atoms with van der Waals surface area (Å²) in [5.74, 6) is -5.57. The highest BCUT2D eigenvalue weighted by molar-refractivity contribution is 7.89. The van der Waals surface area contributed by atoms with Crippen LogP contribution < -0.4 is 20.1 Å². The molecule has 0 radical (unpaired) electrons. The van der Waals surface area contributed by atoms with Gasteiger partial charge in [0.15, 0.2) is 11.6 Å². The van der Waals surface area contributed by atoms with E-state index in [1.54, 1.807) is 19.1 Å². The Balaban J connectivity index is 1.81. The molecule has 1 aromatic carbocycles. The molecule has 0 bridgehead atoms. The summed E-state index contributed by atoms with van der Waals surface area (Å²) in [4.78, 5) is 14.9. The largest absolute Gasteiger partial charge is 0.480 e. The van der Waals surface area contributed by atoms with Crippen molar-refractivity contribution >= 4 is 21.8 Å². The van der Waals surface area contributed by atoms with E-state index in [-0.39, 0.29) is 41.7 Å². The number of halogens is 3. The second-order valence-corrected chi connectivity index (χ2v) is 9.89. The molecule has 0 unspecified atom stereocenters. The van der Waals surface area contributed by atoms with Crippen molar-refractivity contribution in [2.75, 3.05) is 24.2 Å². The molecule has 1 saturated heterocycles. The highest BCUT2D eigenvalue weighted by atomic mass is 32.2. The van der Waals surface area contributed by atoms with Crippen LogP contribution >= 0.6 is 0 Å². The van der Waals surface area contributed by atoms with Crippen LogP contribution in [-0.4, -0.2) is 61.3 Å². The van der Waals surface area contributed by atoms with Gasteiger partial charge in [-0.3, -0.25) is 4.79 Å². The summed E-state index contributed by atoms with van der Waals surface area (Å²) in [7, 11) is -3.92. The van der Waals surface area contributed by atoms with E-state index in [9.17, 15) is 22.0 Å². The van der Waals surface area contributed by atoms with Crippen molar-refractivity contribution in [3.8, 4) is 11.6 Å². The Morgan fingerprint density at radius 3 is 2.74 bits per heavy atom. The van der Waals surface area contributed by atoms with E-state index in [0.29, 0.717) is 5.56 Å². The van der Waals surface area contributed by atoms with Crippen LogP contribution in [-0.2, 0) is 21.2 Å². The maximum atomic E-state index is 15.2. The number of aryl methyl sites for hydroxylation is 1. The number of rotatable bonds is 10. The fraction of sp³-hybridized carbons (Fsp3) is 0.429. The fourth-order valence-corrected chi connectivity index (χ4v) is 4.33. The number of ether oxygens (including phenoxy) is 1. The van der Waals surface area contributed by atoms with Crippen LogP contribution in [0.1, 0.15) is 18.1 Å². The molecule has 2 heterocycles. The van der Waals surface area contributed by atoms with Gasteiger partial charge in [-0.25, -0.2) is 26.3 Å². The number of carbonyl (C=O) groups is 1. The standard InChI is InChI=1S/C21H25F3N4O5S/c1-3-34(31,32)28-19-14(26-11-21(19,23)24)9-13-5-4-6-15(18(13)22)33-20-12(2)7-8-16(27-20)25-10-17(29)30/h4-8,14,19,26,28H,3,9-11H2,1-2H3,(H,25,27)(H,29,30)/t14-,19+/m0/s1. The quantitative estimate of drug-likeness (QED) is 0.390. The predicted octanol–water partition coefficient (Wildman–Crippen LogP) is 2.28. The number of carboxylic acid groups (broad SMARTS) is 1. The number of nitrogens with one attached hydrogen (secondary N) is 3. The van der Waals surface area contributed by atoms with Gasteiger partial charge in [-0.2, -0.15) is 4.98 Å². The number of sulfonamides is 1. The summed E-state index contributed by atoms with van der Waals surface area (Å²) in [6.45, 7) is 1.88. The Bertz CT molecular complexity index is 1160. The molecule has 0 spiro atoms. The zero-order chi connectivity index (χ0) is 25.1. The molecular formula is C21H25F3N4O5S. The Hall–Kier alpha value is -2.90. The molecule has 13 heteroatoms. The van der Waals surface area contributed by atoms with Gasteiger partial charge >= 0.3 is 5.97 Å². The van der Waals surface area contributed by atoms with Crippen LogP contribution in [0.15, 0.2) is 30.3 Å². The van der Waals surface area contributed by atoms with Crippen molar-refractivity contribution in [1.82, 2.24) is 15.0 Å². The number of nitrogens with zero attached hydrogens (tertiary/aromatic N) is 1. The molecule has 1 aliphatic heterocycles. The zero-order valence-corrected chi connectivity index (χ0v) is 19.3. The number of pyridine rings is 1. The molecule has 186 valence electrons. The van der Waals surface area contributed by atoms with Crippen LogP contribution in [0.25, 0.3) is 0 Å². The summed E-state index contributed by atoms with van der Waals surface area (Å²) in [5, 5.41) is 13.9. The lowest BCUT2D eigenvalue weighted by atomic mass is 9.99. The number of hydrogen-bond donors (Lipinski definition) is 4. The molecular weight excluding hydrogens is 477 g/mol. The number of carboxylic acids is 1. The lowest BCUT2D eigenvalue weighted by Gasteiger charge is -2.24. The van der Waals surface area contributed by atoms with Crippen molar-refractivity contribution < 1.29 is 36.2 Å². The molecule has 1 aliphatic rings. The van der Waals surface area contributed by atoms with E-state index >= 15 is 4.39 Å². The molecule has 1 fully saturated rings. The van der Waals surface area contributed by atoms with Gasteiger partial charge in [0, 0.05) is 11.6 Å². The normalized spacial score (nSPS) is 19.7. The monoisotopic (exact) mass is 502 g/mol. The molecule has 9 nitrogen and oxygen atoms in total. The Labute approximate surface area is 194 Å². The van der Waals surface area contributed by atoms with Crippen molar-refractivity contribution in [3.05, 3.63) is 47.3 Å². The third-order valence-electron chi connectivity index (χ3n) is 5.30. The van der Waals surface area contributed by atoms with Crippen molar-refractivity contribution in [2.24, 2.45) is 0 Å². The highest BCUT2D eigenvalue weighted by Crippen LogP contribution is 2.32. The Morgan fingerprint density at radius 2 is 2.06 bits per heavy atom. The molecule has 0 aliphatic carbocycles. The average Bonchev–Trinajstić information content (AvgIpc) is 3.04. The first-order valence-electron chi connectivity index (χ1n) is 10.4. The topological polar surface area (TPSA) is 130 Å². The maximum Gasteiger partial charge on any atom is 0.322 e. The predicted molar refractivity (Wildman–Crippen MR) is 118 cm³/mol. The SMILES string of the molecule is CCS(=O)(=O)N[C@@H]1[C@H](Cc2cccc(Oc3nc(NCC(=O)O)ccc3C)c2F)NCC1(F)F. The number of alkyl halides is 2. The lowest BCUT2D eigenvalue weighted by molar-refractivity contribution is -0.134. The van der Waals surface area contributed by atoms with Gasteiger partial charge in [-0.05, 0) is 38.0 Å². The molecule has 3 rings (SSSR count). The maximum absolute atomic E-state index is 15.2. The van der Waals surface area contributed by atoms with E-state index in [0.717, 1.165) is 0 Å². The van der Waals surface area contributed by atoms with E-state index in [1.165, 1.54) is 25.1 Å². The van der Waals surface area contributed by atoms with Crippen LogP contribution in [0.2, 0.25) is 0 Å². The molecule has 4 N–H and O–H groups in total. The minimum atomic E-state index is -3.92. The van der Waals surface area contributed by atoms with Crippen LogP contribution in [0.4, 0.5) is 19.0 Å². The van der Waals surface area contributed by atoms with Gasteiger partial charge in [-0.1, -0.05) is 18.2 Å². The van der Waals surface area contributed by atoms with Gasteiger partial charge in [0.25, 0.3) is 5.92 Å². The van der Waals surface area contributed by atoms with E-state index in [1.807, 2.05) is 4.72 Å². The lowest BCUT2D eigenvalue weighted by Crippen LogP contribution is -2.51. The van der Waals surface area contributed by atoms with Crippen molar-refractivity contribution in [2.45, 2.75) is 38.3 Å². The number of aromatic nitrogens is 1. The molecule has 0 amide bonds. The zero-order valence-electron chi connectivity index (χ0n) is 18.4. The minimum absolute atomic E-state index is 0.0329. The summed E-state index contributed by atoms with van der Waals surface area (Å²) in [6.07, 6.45) is -0.220.